The zero-order chi connectivity index (χ0) is 18.4. The fourth-order valence-electron chi connectivity index (χ4n) is 4.20. The summed E-state index contributed by atoms with van der Waals surface area (Å²) >= 11 is 0. The maximum Gasteiger partial charge on any atom is 0.226 e. The standard InChI is InChI=1S/C21H32N2O3/c1-25-19-9-10-20(26-2)18(14-19)16-22-11-7-8-17(15-22)21(24)23-12-5-3-4-6-13-23/h9-10,14,17H,3-8,11-13,15-16H2,1-2H3/t17-/m0/s1. The van der Waals surface area contributed by atoms with Crippen molar-refractivity contribution in [3.8, 4) is 11.5 Å². The molecule has 0 radical (unpaired) electrons. The number of likely N-dealkylation sites (tertiary alicyclic amines) is 2. The van der Waals surface area contributed by atoms with E-state index in [0.29, 0.717) is 5.91 Å². The summed E-state index contributed by atoms with van der Waals surface area (Å²) in [4.78, 5) is 17.5. The summed E-state index contributed by atoms with van der Waals surface area (Å²) in [5, 5.41) is 0. The lowest BCUT2D eigenvalue weighted by molar-refractivity contribution is -0.137. The third-order valence-corrected chi connectivity index (χ3v) is 5.65. The van der Waals surface area contributed by atoms with Gasteiger partial charge in [-0.25, -0.2) is 0 Å². The summed E-state index contributed by atoms with van der Waals surface area (Å²) in [6.07, 6.45) is 6.93. The third-order valence-electron chi connectivity index (χ3n) is 5.65. The quantitative estimate of drug-likeness (QED) is 0.808. The van der Waals surface area contributed by atoms with E-state index in [9.17, 15) is 4.79 Å². The zero-order valence-electron chi connectivity index (χ0n) is 16.2. The molecule has 26 heavy (non-hydrogen) atoms. The molecule has 0 unspecified atom stereocenters. The molecule has 0 aromatic heterocycles. The van der Waals surface area contributed by atoms with Crippen molar-refractivity contribution in [3.63, 3.8) is 0 Å². The lowest BCUT2D eigenvalue weighted by atomic mass is 9.95. The topological polar surface area (TPSA) is 42.0 Å². The number of methoxy groups -OCH3 is 2. The molecule has 1 amide bonds. The number of rotatable bonds is 5. The highest BCUT2D eigenvalue weighted by Gasteiger charge is 2.29. The Kier molecular flexibility index (Phi) is 6.78. The van der Waals surface area contributed by atoms with E-state index in [1.807, 2.05) is 18.2 Å². The molecule has 2 aliphatic rings. The van der Waals surface area contributed by atoms with Crippen molar-refractivity contribution in [2.45, 2.75) is 45.1 Å². The third kappa shape index (κ3) is 4.70. The Labute approximate surface area is 157 Å². The molecule has 2 fully saturated rings. The average molecular weight is 360 g/mol. The SMILES string of the molecule is COc1ccc(OC)c(CN2CCC[C@H](C(=O)N3CCCCCC3)C2)c1. The van der Waals surface area contributed by atoms with Crippen LogP contribution in [0.2, 0.25) is 0 Å². The van der Waals surface area contributed by atoms with Gasteiger partial charge in [-0.1, -0.05) is 12.8 Å². The molecule has 5 heteroatoms. The van der Waals surface area contributed by atoms with E-state index >= 15 is 0 Å². The Bertz CT molecular complexity index is 597. The maximum absolute atomic E-state index is 13.0. The van der Waals surface area contributed by atoms with Gasteiger partial charge in [-0.15, -0.1) is 0 Å². The van der Waals surface area contributed by atoms with Crippen molar-refractivity contribution in [2.24, 2.45) is 5.92 Å². The maximum atomic E-state index is 13.0. The number of hydrogen-bond acceptors (Lipinski definition) is 4. The van der Waals surface area contributed by atoms with E-state index < -0.39 is 0 Å². The molecule has 5 nitrogen and oxygen atoms in total. The largest absolute Gasteiger partial charge is 0.497 e. The van der Waals surface area contributed by atoms with E-state index in [-0.39, 0.29) is 5.92 Å². The predicted molar refractivity (Wildman–Crippen MR) is 103 cm³/mol. The lowest BCUT2D eigenvalue weighted by Gasteiger charge is -2.35. The summed E-state index contributed by atoms with van der Waals surface area (Å²) in [6, 6.07) is 5.92. The molecular formula is C21H32N2O3. The van der Waals surface area contributed by atoms with Crippen LogP contribution in [-0.2, 0) is 11.3 Å². The zero-order valence-corrected chi connectivity index (χ0v) is 16.2. The summed E-state index contributed by atoms with van der Waals surface area (Å²) in [6.45, 7) is 4.56. The van der Waals surface area contributed by atoms with Crippen LogP contribution in [0.3, 0.4) is 0 Å². The van der Waals surface area contributed by atoms with Gasteiger partial charge in [0, 0.05) is 31.7 Å². The van der Waals surface area contributed by atoms with Gasteiger partial charge in [0.05, 0.1) is 20.1 Å². The molecule has 0 spiro atoms. The number of nitrogens with zero attached hydrogens (tertiary/aromatic N) is 2. The number of amides is 1. The first kappa shape index (κ1) is 19.0. The second kappa shape index (κ2) is 9.26. The average Bonchev–Trinajstić information content (AvgIpc) is 2.97. The Morgan fingerprint density at radius 1 is 1.04 bits per heavy atom. The fourth-order valence-corrected chi connectivity index (χ4v) is 4.20. The number of benzene rings is 1. The first-order valence-electron chi connectivity index (χ1n) is 9.93. The molecule has 144 valence electrons. The smallest absolute Gasteiger partial charge is 0.226 e. The van der Waals surface area contributed by atoms with Crippen LogP contribution < -0.4 is 9.47 Å². The van der Waals surface area contributed by atoms with Crippen molar-refractivity contribution in [3.05, 3.63) is 23.8 Å². The molecule has 0 N–H and O–H groups in total. The molecule has 0 bridgehead atoms. The summed E-state index contributed by atoms with van der Waals surface area (Å²) < 4.78 is 10.9. The van der Waals surface area contributed by atoms with Crippen LogP contribution in [0.5, 0.6) is 11.5 Å². The molecule has 1 atom stereocenters. The van der Waals surface area contributed by atoms with E-state index in [0.717, 1.165) is 75.5 Å². The predicted octanol–water partition coefficient (Wildman–Crippen LogP) is 3.32. The van der Waals surface area contributed by atoms with Crippen LogP contribution in [0.4, 0.5) is 0 Å². The van der Waals surface area contributed by atoms with Crippen LogP contribution >= 0.6 is 0 Å². The van der Waals surface area contributed by atoms with Crippen molar-refractivity contribution in [1.82, 2.24) is 9.80 Å². The Morgan fingerprint density at radius 2 is 1.81 bits per heavy atom. The minimum atomic E-state index is 0.137. The van der Waals surface area contributed by atoms with Gasteiger partial charge in [0.1, 0.15) is 11.5 Å². The van der Waals surface area contributed by atoms with Crippen molar-refractivity contribution < 1.29 is 14.3 Å². The van der Waals surface area contributed by atoms with Crippen LogP contribution in [0.15, 0.2) is 18.2 Å². The molecule has 2 aliphatic heterocycles. The van der Waals surface area contributed by atoms with Gasteiger partial charge in [-0.05, 0) is 50.4 Å². The van der Waals surface area contributed by atoms with E-state index in [1.54, 1.807) is 14.2 Å². The highest BCUT2D eigenvalue weighted by atomic mass is 16.5. The van der Waals surface area contributed by atoms with E-state index in [1.165, 1.54) is 12.8 Å². The Morgan fingerprint density at radius 3 is 2.50 bits per heavy atom. The van der Waals surface area contributed by atoms with Crippen molar-refractivity contribution >= 4 is 5.91 Å². The number of ether oxygens (including phenoxy) is 2. The molecule has 1 aromatic rings. The fraction of sp³-hybridized carbons (Fsp3) is 0.667. The Balaban J connectivity index is 1.64. The summed E-state index contributed by atoms with van der Waals surface area (Å²) in [7, 11) is 3.38. The molecule has 2 saturated heterocycles. The number of piperidine rings is 1. The second-order valence-electron chi connectivity index (χ2n) is 7.49. The van der Waals surface area contributed by atoms with Gasteiger partial charge in [-0.3, -0.25) is 9.69 Å². The molecule has 1 aromatic carbocycles. The van der Waals surface area contributed by atoms with Gasteiger partial charge < -0.3 is 14.4 Å². The second-order valence-corrected chi connectivity index (χ2v) is 7.49. The van der Waals surface area contributed by atoms with Crippen LogP contribution in [0, 0.1) is 5.92 Å². The van der Waals surface area contributed by atoms with Crippen molar-refractivity contribution in [2.75, 3.05) is 40.4 Å². The number of carbonyl (C=O) groups is 1. The van der Waals surface area contributed by atoms with Crippen molar-refractivity contribution in [1.29, 1.82) is 0 Å². The molecule has 0 saturated carbocycles. The molecular weight excluding hydrogens is 328 g/mol. The molecule has 0 aliphatic carbocycles. The molecule has 3 rings (SSSR count). The normalized spacial score (nSPS) is 21.9. The van der Waals surface area contributed by atoms with E-state index in [4.69, 9.17) is 9.47 Å². The summed E-state index contributed by atoms with van der Waals surface area (Å²) in [5.74, 6) is 2.23. The summed E-state index contributed by atoms with van der Waals surface area (Å²) in [5.41, 5.74) is 1.12. The highest BCUT2D eigenvalue weighted by Crippen LogP contribution is 2.28. The number of hydrogen-bond donors (Lipinski definition) is 0. The lowest BCUT2D eigenvalue weighted by Crippen LogP contribution is -2.44. The van der Waals surface area contributed by atoms with Crippen LogP contribution in [0.1, 0.15) is 44.1 Å². The first-order valence-corrected chi connectivity index (χ1v) is 9.93. The van der Waals surface area contributed by atoms with Crippen LogP contribution in [-0.4, -0.2) is 56.1 Å². The van der Waals surface area contributed by atoms with Gasteiger partial charge >= 0.3 is 0 Å². The molecule has 2 heterocycles. The van der Waals surface area contributed by atoms with Crippen LogP contribution in [0.25, 0.3) is 0 Å². The highest BCUT2D eigenvalue weighted by molar-refractivity contribution is 5.79. The van der Waals surface area contributed by atoms with Gasteiger partial charge in [0.15, 0.2) is 0 Å². The van der Waals surface area contributed by atoms with Gasteiger partial charge in [0.25, 0.3) is 0 Å². The minimum Gasteiger partial charge on any atom is -0.497 e. The monoisotopic (exact) mass is 360 g/mol. The van der Waals surface area contributed by atoms with Gasteiger partial charge in [0.2, 0.25) is 5.91 Å². The minimum absolute atomic E-state index is 0.137. The number of carbonyl (C=O) groups excluding carboxylic acids is 1. The van der Waals surface area contributed by atoms with E-state index in [2.05, 4.69) is 9.80 Å². The van der Waals surface area contributed by atoms with Gasteiger partial charge in [-0.2, -0.15) is 0 Å². The first-order chi connectivity index (χ1) is 12.7. The Hall–Kier alpha value is -1.75.